The number of fused-ring (bicyclic) bond motifs is 4. The summed E-state index contributed by atoms with van der Waals surface area (Å²) >= 11 is 1.36. The van der Waals surface area contributed by atoms with Crippen LogP contribution in [0.2, 0.25) is 0 Å². The van der Waals surface area contributed by atoms with Crippen LogP contribution in [-0.2, 0) is 36.2 Å². The van der Waals surface area contributed by atoms with Crippen LogP contribution in [-0.4, -0.2) is 6.88 Å². The first kappa shape index (κ1) is 42.8. The van der Waals surface area contributed by atoms with Gasteiger partial charge in [0.2, 0.25) is 0 Å². The van der Waals surface area contributed by atoms with E-state index in [0.717, 1.165) is 12.8 Å². The Kier molecular flexibility index (Phi) is 17.1. The first-order chi connectivity index (χ1) is 24.7. The van der Waals surface area contributed by atoms with E-state index in [-0.39, 0.29) is 22.3 Å². The van der Waals surface area contributed by atoms with Crippen molar-refractivity contribution in [3.05, 3.63) is 215 Å². The van der Waals surface area contributed by atoms with Gasteiger partial charge in [0.25, 0.3) is 0 Å². The van der Waals surface area contributed by atoms with Crippen LogP contribution in [0, 0.1) is 28.3 Å². The third-order valence-corrected chi connectivity index (χ3v) is 9.20. The van der Waals surface area contributed by atoms with Crippen LogP contribution in [0.1, 0.15) is 25.0 Å². The SMILES string of the molecule is CCc1cc2c(-c3cccc4ccccc34)cccc2[cH-]1.CCc1cc2c(-c3cccc4ccccc34)cccc2[cH-]1.[CH3-].[CH3-].[CH3-].[Si]=[Zr].[c-]1ccccc1. The van der Waals surface area contributed by atoms with E-state index in [1.165, 1.54) is 99.8 Å². The Bertz CT molecular complexity index is 2250. The fourth-order valence-electron chi connectivity index (χ4n) is 6.73. The summed E-state index contributed by atoms with van der Waals surface area (Å²) in [5.74, 6) is 0. The molecule has 0 N–H and O–H groups in total. The minimum atomic E-state index is 0. The van der Waals surface area contributed by atoms with Crippen molar-refractivity contribution in [2.75, 3.05) is 0 Å². The summed E-state index contributed by atoms with van der Waals surface area (Å²) in [6.45, 7) is 7.49. The minimum absolute atomic E-state index is 0. The zero-order valence-electron chi connectivity index (χ0n) is 31.7. The molecular formula is C51H48SiZr-6. The Labute approximate surface area is 335 Å². The van der Waals surface area contributed by atoms with Gasteiger partial charge in [0.15, 0.2) is 0 Å². The van der Waals surface area contributed by atoms with Crippen LogP contribution >= 0.6 is 0 Å². The summed E-state index contributed by atoms with van der Waals surface area (Å²) in [6.07, 6.45) is 2.17. The van der Waals surface area contributed by atoms with Gasteiger partial charge in [-0.1, -0.05) is 122 Å². The van der Waals surface area contributed by atoms with Crippen molar-refractivity contribution in [2.45, 2.75) is 26.7 Å². The number of rotatable bonds is 4. The molecule has 9 aromatic carbocycles. The van der Waals surface area contributed by atoms with Gasteiger partial charge in [-0.3, -0.25) is 0 Å². The number of hydrogen-bond donors (Lipinski definition) is 0. The number of hydrogen-bond acceptors (Lipinski definition) is 0. The van der Waals surface area contributed by atoms with E-state index >= 15 is 0 Å². The van der Waals surface area contributed by atoms with Gasteiger partial charge in [-0.15, -0.1) is 69.1 Å². The molecule has 0 bridgehead atoms. The molecule has 0 saturated carbocycles. The Morgan fingerprint density at radius 3 is 1.15 bits per heavy atom. The zero-order valence-corrected chi connectivity index (χ0v) is 35.1. The van der Waals surface area contributed by atoms with Crippen molar-refractivity contribution in [2.24, 2.45) is 0 Å². The summed E-state index contributed by atoms with van der Waals surface area (Å²) in [5, 5.41) is 10.7. The summed E-state index contributed by atoms with van der Waals surface area (Å²) < 4.78 is 0. The zero-order chi connectivity index (χ0) is 34.7. The van der Waals surface area contributed by atoms with Gasteiger partial charge in [0.05, 0.1) is 0 Å². The van der Waals surface area contributed by atoms with Gasteiger partial charge in [-0.25, -0.2) is 0 Å². The van der Waals surface area contributed by atoms with Gasteiger partial charge in [0.1, 0.15) is 0 Å². The maximum absolute atomic E-state index is 3.06. The van der Waals surface area contributed by atoms with Gasteiger partial charge < -0.3 is 22.3 Å². The van der Waals surface area contributed by atoms with E-state index in [0.29, 0.717) is 0 Å². The van der Waals surface area contributed by atoms with Crippen molar-refractivity contribution in [1.82, 2.24) is 0 Å². The Morgan fingerprint density at radius 2 is 0.792 bits per heavy atom. The van der Waals surface area contributed by atoms with Gasteiger partial charge in [-0.05, 0) is 45.5 Å². The average Bonchev–Trinajstić information content (AvgIpc) is 3.84. The van der Waals surface area contributed by atoms with Crippen LogP contribution < -0.4 is 0 Å². The summed E-state index contributed by atoms with van der Waals surface area (Å²) in [4.78, 5) is 0. The maximum Gasteiger partial charge on any atom is -0.171 e. The molecule has 53 heavy (non-hydrogen) atoms. The van der Waals surface area contributed by atoms with Gasteiger partial charge in [-0.2, -0.15) is 48.5 Å². The molecule has 0 fully saturated rings. The van der Waals surface area contributed by atoms with Crippen molar-refractivity contribution >= 4 is 50.0 Å². The second-order valence-electron chi connectivity index (χ2n) is 12.2. The topological polar surface area (TPSA) is 0 Å². The molecule has 0 saturated heterocycles. The van der Waals surface area contributed by atoms with Crippen LogP contribution in [0.25, 0.3) is 65.3 Å². The first-order valence-corrected chi connectivity index (χ1v) is 21.4. The first-order valence-electron chi connectivity index (χ1n) is 17.2. The molecule has 0 spiro atoms. The Balaban J connectivity index is 0.000000226. The number of benzene rings is 7. The molecule has 0 heterocycles. The fraction of sp³-hybridized carbons (Fsp3) is 0.0784. The second kappa shape index (κ2) is 21.2. The van der Waals surface area contributed by atoms with E-state index in [1.807, 2.05) is 30.3 Å². The van der Waals surface area contributed by atoms with E-state index in [2.05, 4.69) is 172 Å². The number of aryl methyl sites for hydroxylation is 2. The molecule has 2 heteroatoms. The van der Waals surface area contributed by atoms with E-state index < -0.39 is 0 Å². The smallest absolute Gasteiger partial charge is 0.171 e. The summed E-state index contributed by atoms with van der Waals surface area (Å²) in [6, 6.07) is 65.4. The van der Waals surface area contributed by atoms with Gasteiger partial charge in [0, 0.05) is 0 Å². The molecule has 0 atom stereocenters. The van der Waals surface area contributed by atoms with Crippen LogP contribution in [0.4, 0.5) is 0 Å². The van der Waals surface area contributed by atoms with Gasteiger partial charge >= 0.3 is 30.2 Å². The predicted octanol–water partition coefficient (Wildman–Crippen LogP) is 14.3. The normalized spacial score (nSPS) is 9.91. The van der Waals surface area contributed by atoms with Crippen molar-refractivity contribution in [3.63, 3.8) is 0 Å². The molecule has 9 rings (SSSR count). The summed E-state index contributed by atoms with van der Waals surface area (Å²) in [5.41, 5.74) is 8.15. The molecule has 0 nitrogen and oxygen atoms in total. The van der Waals surface area contributed by atoms with E-state index in [9.17, 15) is 0 Å². The average molecular weight is 780 g/mol. The molecule has 0 aliphatic rings. The molecule has 266 valence electrons. The molecule has 0 aromatic heterocycles. The molecule has 0 amide bonds. The Hall–Kier alpha value is -4.62. The third-order valence-electron chi connectivity index (χ3n) is 9.20. The molecule has 0 unspecified atom stereocenters. The molecular weight excluding hydrogens is 732 g/mol. The van der Waals surface area contributed by atoms with Crippen LogP contribution in [0.3, 0.4) is 0 Å². The van der Waals surface area contributed by atoms with Crippen molar-refractivity contribution in [1.29, 1.82) is 0 Å². The molecule has 0 aliphatic heterocycles. The maximum atomic E-state index is 3.06. The minimum Gasteiger partial charge on any atom is -0.184 e. The van der Waals surface area contributed by atoms with E-state index in [1.54, 1.807) is 0 Å². The largest absolute Gasteiger partial charge is 0.184 e. The monoisotopic (exact) mass is 778 g/mol. The predicted molar refractivity (Wildman–Crippen MR) is 234 cm³/mol. The summed E-state index contributed by atoms with van der Waals surface area (Å²) in [7, 11) is 0. The van der Waals surface area contributed by atoms with Crippen molar-refractivity contribution < 1.29 is 23.3 Å². The standard InChI is InChI=1S/2C21H17.C6H5.3CH3.Si.Zr/c2*1-2-15-13-17-9-6-12-20(21(17)14-15)19-11-5-8-16-7-3-4-10-18(16)19;1-2-4-6-5-3-1;;;;;/h2*3-14H,2H2,1H3;1-5H;3*1H3;;/q6*-1;;. The van der Waals surface area contributed by atoms with Crippen LogP contribution in [0.15, 0.2) is 176 Å². The molecule has 9 aromatic rings. The Morgan fingerprint density at radius 1 is 0.434 bits per heavy atom. The third kappa shape index (κ3) is 9.88. The fourth-order valence-corrected chi connectivity index (χ4v) is 6.73. The van der Waals surface area contributed by atoms with Crippen LogP contribution in [0.5, 0.6) is 0 Å². The molecule has 0 aliphatic carbocycles. The van der Waals surface area contributed by atoms with Crippen molar-refractivity contribution in [3.8, 4) is 22.3 Å². The molecule has 2 radical (unpaired) electrons. The quantitative estimate of drug-likeness (QED) is 0.123. The second-order valence-corrected chi connectivity index (χ2v) is 12.2. The van der Waals surface area contributed by atoms with E-state index in [4.69, 9.17) is 0 Å².